The smallest absolute Gasteiger partial charge is 0.253 e. The summed E-state index contributed by atoms with van der Waals surface area (Å²) in [6, 6.07) is 13.0. The number of amides is 1. The van der Waals surface area contributed by atoms with Gasteiger partial charge in [-0.15, -0.1) is 0 Å². The molecule has 0 saturated carbocycles. The van der Waals surface area contributed by atoms with Crippen LogP contribution in [-0.2, 0) is 0 Å². The molecule has 2 aromatic carbocycles. The first-order valence-corrected chi connectivity index (χ1v) is 8.35. The Hall–Kier alpha value is -1.75. The Kier molecular flexibility index (Phi) is 6.49. The van der Waals surface area contributed by atoms with Gasteiger partial charge < -0.3 is 15.0 Å². The van der Waals surface area contributed by atoms with Crippen molar-refractivity contribution in [3.63, 3.8) is 0 Å². The lowest BCUT2D eigenvalue weighted by Gasteiger charge is -2.22. The van der Waals surface area contributed by atoms with Crippen LogP contribution in [0.3, 0.4) is 0 Å². The summed E-state index contributed by atoms with van der Waals surface area (Å²) < 4.78 is 5.19. The van der Waals surface area contributed by atoms with E-state index in [2.05, 4.69) is 5.32 Å². The molecule has 0 aliphatic heterocycles. The van der Waals surface area contributed by atoms with Crippen LogP contribution < -0.4 is 15.0 Å². The average Bonchev–Trinajstić information content (AvgIpc) is 2.57. The Bertz CT molecular complexity index is 703. The Labute approximate surface area is 152 Å². The molecule has 0 saturated heterocycles. The fourth-order valence-corrected chi connectivity index (χ4v) is 2.85. The quantitative estimate of drug-likeness (QED) is 0.823. The van der Waals surface area contributed by atoms with Gasteiger partial charge in [0.25, 0.3) is 5.91 Å². The molecule has 0 heterocycles. The largest absolute Gasteiger partial charge is 0.497 e. The van der Waals surface area contributed by atoms with Crippen molar-refractivity contribution >= 4 is 29.1 Å². The number of carbonyl (C=O) groups is 1. The monoisotopic (exact) mass is 367 g/mol. The zero-order chi connectivity index (χ0) is 17.7. The van der Waals surface area contributed by atoms with Gasteiger partial charge in [-0.1, -0.05) is 29.3 Å². The molecule has 24 heavy (non-hydrogen) atoms. The van der Waals surface area contributed by atoms with E-state index in [4.69, 9.17) is 27.9 Å². The molecule has 2 aromatic rings. The molecule has 1 atom stereocenters. The molecule has 128 valence electrons. The first-order chi connectivity index (χ1) is 11.4. The highest BCUT2D eigenvalue weighted by Crippen LogP contribution is 2.25. The van der Waals surface area contributed by atoms with Gasteiger partial charge in [-0.25, -0.2) is 0 Å². The summed E-state index contributed by atoms with van der Waals surface area (Å²) in [6.45, 7) is 0.482. The van der Waals surface area contributed by atoms with Crippen LogP contribution in [0.4, 0.5) is 0 Å². The minimum absolute atomic E-state index is 0.109. The summed E-state index contributed by atoms with van der Waals surface area (Å²) >= 11 is 12.1. The second-order valence-corrected chi connectivity index (χ2v) is 6.50. The Morgan fingerprint density at radius 2 is 1.83 bits per heavy atom. The molecule has 4 nitrogen and oxygen atoms in total. The number of quaternary nitrogens is 1. The Morgan fingerprint density at radius 1 is 1.17 bits per heavy atom. The van der Waals surface area contributed by atoms with E-state index in [1.807, 2.05) is 38.4 Å². The van der Waals surface area contributed by atoms with Crippen LogP contribution in [0.25, 0.3) is 0 Å². The summed E-state index contributed by atoms with van der Waals surface area (Å²) in [6.07, 6.45) is 0. The molecule has 6 heteroatoms. The van der Waals surface area contributed by atoms with Gasteiger partial charge in [-0.05, 0) is 36.4 Å². The molecule has 0 radical (unpaired) electrons. The third-order valence-electron chi connectivity index (χ3n) is 3.88. The van der Waals surface area contributed by atoms with E-state index >= 15 is 0 Å². The average molecular weight is 368 g/mol. The van der Waals surface area contributed by atoms with E-state index in [1.165, 1.54) is 4.90 Å². The third-order valence-corrected chi connectivity index (χ3v) is 4.70. The maximum Gasteiger partial charge on any atom is 0.253 e. The number of hydrogen-bond acceptors (Lipinski definition) is 2. The van der Waals surface area contributed by atoms with Gasteiger partial charge in [0, 0.05) is 5.56 Å². The summed E-state index contributed by atoms with van der Waals surface area (Å²) in [5.74, 6) is 0.572. The van der Waals surface area contributed by atoms with Gasteiger partial charge in [0.2, 0.25) is 0 Å². The molecule has 0 unspecified atom stereocenters. The van der Waals surface area contributed by atoms with Gasteiger partial charge in [0.15, 0.2) is 0 Å². The molecule has 2 N–H and O–H groups in total. The number of hydrogen-bond donors (Lipinski definition) is 2. The molecule has 0 aliphatic rings. The molecule has 2 rings (SSSR count). The van der Waals surface area contributed by atoms with E-state index < -0.39 is 0 Å². The highest BCUT2D eigenvalue weighted by Gasteiger charge is 2.20. The molecule has 0 spiro atoms. The van der Waals surface area contributed by atoms with Crippen molar-refractivity contribution in [1.29, 1.82) is 0 Å². The van der Waals surface area contributed by atoms with Crippen molar-refractivity contribution in [1.82, 2.24) is 5.32 Å². The number of ether oxygens (including phenoxy) is 1. The SMILES string of the molecule is COc1ccc([C@@H](CNC(=O)c2cccc(Cl)c2Cl)[NH+](C)C)cc1. The van der Waals surface area contributed by atoms with Crippen LogP contribution in [0.2, 0.25) is 10.0 Å². The van der Waals surface area contributed by atoms with Crippen molar-refractivity contribution < 1.29 is 14.4 Å². The van der Waals surface area contributed by atoms with Gasteiger partial charge in [0.05, 0.1) is 43.4 Å². The molecular weight excluding hydrogens is 347 g/mol. The predicted molar refractivity (Wildman–Crippen MR) is 97.3 cm³/mol. The van der Waals surface area contributed by atoms with Crippen LogP contribution in [-0.4, -0.2) is 33.7 Å². The Balaban J connectivity index is 2.11. The van der Waals surface area contributed by atoms with Crippen molar-refractivity contribution in [2.45, 2.75) is 6.04 Å². The number of nitrogens with one attached hydrogen (secondary N) is 2. The fourth-order valence-electron chi connectivity index (χ4n) is 2.46. The maximum absolute atomic E-state index is 12.4. The number of likely N-dealkylation sites (N-methyl/N-ethyl adjacent to an activating group) is 1. The molecule has 1 amide bonds. The van der Waals surface area contributed by atoms with Crippen molar-refractivity contribution in [2.75, 3.05) is 27.7 Å². The zero-order valence-electron chi connectivity index (χ0n) is 13.9. The number of methoxy groups -OCH3 is 1. The topological polar surface area (TPSA) is 42.8 Å². The summed E-state index contributed by atoms with van der Waals surface area (Å²) in [5.41, 5.74) is 1.50. The fraction of sp³-hybridized carbons (Fsp3) is 0.278. The van der Waals surface area contributed by atoms with E-state index in [-0.39, 0.29) is 17.0 Å². The molecular formula is C18H21Cl2N2O2+. The van der Waals surface area contributed by atoms with E-state index in [1.54, 1.807) is 25.3 Å². The normalized spacial score (nSPS) is 12.1. The number of benzene rings is 2. The standard InChI is InChI=1S/C18H20Cl2N2O2/c1-22(2)16(12-7-9-13(24-3)10-8-12)11-21-18(23)14-5-4-6-15(19)17(14)20/h4-10,16H,11H2,1-3H3,(H,21,23)/p+1/t16-/m1/s1. The summed E-state index contributed by atoms with van der Waals surface area (Å²) in [4.78, 5) is 13.6. The minimum Gasteiger partial charge on any atom is -0.497 e. The van der Waals surface area contributed by atoms with E-state index in [0.29, 0.717) is 17.1 Å². The lowest BCUT2D eigenvalue weighted by Crippen LogP contribution is -3.07. The van der Waals surface area contributed by atoms with Crippen molar-refractivity contribution in [3.05, 3.63) is 63.6 Å². The first-order valence-electron chi connectivity index (χ1n) is 7.60. The van der Waals surface area contributed by atoms with Crippen LogP contribution in [0.15, 0.2) is 42.5 Å². The lowest BCUT2D eigenvalue weighted by molar-refractivity contribution is -0.890. The Morgan fingerprint density at radius 3 is 2.42 bits per heavy atom. The number of rotatable bonds is 6. The van der Waals surface area contributed by atoms with Gasteiger partial charge in [-0.3, -0.25) is 4.79 Å². The number of halogens is 2. The van der Waals surface area contributed by atoms with Gasteiger partial charge in [-0.2, -0.15) is 0 Å². The van der Waals surface area contributed by atoms with E-state index in [9.17, 15) is 4.79 Å². The van der Waals surface area contributed by atoms with Crippen LogP contribution in [0.5, 0.6) is 5.75 Å². The highest BCUT2D eigenvalue weighted by molar-refractivity contribution is 6.43. The molecule has 0 bridgehead atoms. The van der Waals surface area contributed by atoms with Crippen LogP contribution in [0, 0.1) is 0 Å². The molecule has 0 aliphatic carbocycles. The number of carbonyl (C=O) groups excluding carboxylic acids is 1. The summed E-state index contributed by atoms with van der Waals surface area (Å²) in [5, 5.41) is 3.58. The van der Waals surface area contributed by atoms with Gasteiger partial charge >= 0.3 is 0 Å². The van der Waals surface area contributed by atoms with Gasteiger partial charge in [0.1, 0.15) is 11.8 Å². The first kappa shape index (κ1) is 18.6. The van der Waals surface area contributed by atoms with Crippen molar-refractivity contribution in [2.24, 2.45) is 0 Å². The molecule has 0 aromatic heterocycles. The minimum atomic E-state index is -0.234. The maximum atomic E-state index is 12.4. The van der Waals surface area contributed by atoms with Crippen LogP contribution >= 0.6 is 23.2 Å². The predicted octanol–water partition coefficient (Wildman–Crippen LogP) is 2.62. The van der Waals surface area contributed by atoms with Crippen molar-refractivity contribution in [3.8, 4) is 5.75 Å². The summed E-state index contributed by atoms with van der Waals surface area (Å²) in [7, 11) is 5.74. The molecule has 0 fully saturated rings. The van der Waals surface area contributed by atoms with E-state index in [0.717, 1.165) is 11.3 Å². The second-order valence-electron chi connectivity index (χ2n) is 5.71. The lowest BCUT2D eigenvalue weighted by atomic mass is 10.1. The van der Waals surface area contributed by atoms with Crippen LogP contribution in [0.1, 0.15) is 22.0 Å². The highest BCUT2D eigenvalue weighted by atomic mass is 35.5. The zero-order valence-corrected chi connectivity index (χ0v) is 15.4. The third kappa shape index (κ3) is 4.41. The second kappa shape index (κ2) is 8.38.